The smallest absolute Gasteiger partial charge is 0.410 e. The number of amides is 2. The Kier molecular flexibility index (Phi) is 8.36. The number of nitrogens with one attached hydrogen (secondary N) is 1. The van der Waals surface area contributed by atoms with Crippen molar-refractivity contribution in [1.29, 1.82) is 0 Å². The van der Waals surface area contributed by atoms with Gasteiger partial charge in [0.15, 0.2) is 0 Å². The fourth-order valence-corrected chi connectivity index (χ4v) is 6.13. The second-order valence-corrected chi connectivity index (χ2v) is 12.1. The molecule has 0 bridgehead atoms. The van der Waals surface area contributed by atoms with Gasteiger partial charge in [-0.15, -0.1) is 0 Å². The number of hydrogen-bond donors (Lipinski definition) is 1. The number of hydrogen-bond acceptors (Lipinski definition) is 4. The van der Waals surface area contributed by atoms with Gasteiger partial charge in [-0.3, -0.25) is 0 Å². The topological polar surface area (TPSA) is 67.9 Å². The maximum atomic E-state index is 13.3. The van der Waals surface area contributed by atoms with Crippen LogP contribution in [-0.4, -0.2) is 47.9 Å². The summed E-state index contributed by atoms with van der Waals surface area (Å²) in [4.78, 5) is 28.3. The van der Waals surface area contributed by atoms with Crippen LogP contribution in [0.5, 0.6) is 0 Å². The molecule has 6 nitrogen and oxygen atoms in total. The van der Waals surface area contributed by atoms with E-state index < -0.39 is 11.7 Å². The largest absolute Gasteiger partial charge is 0.449 e. The van der Waals surface area contributed by atoms with Gasteiger partial charge in [-0.1, -0.05) is 72.3 Å². The molecule has 210 valence electrons. The van der Waals surface area contributed by atoms with Gasteiger partial charge in [0, 0.05) is 17.5 Å². The Labute approximate surface area is 241 Å². The molecule has 1 heterocycles. The number of alkyl carbamates (subject to hydrolysis) is 1. The lowest BCUT2D eigenvalue weighted by atomic mass is 9.91. The molecule has 1 N–H and O–H groups in total. The highest BCUT2D eigenvalue weighted by atomic mass is 35.5. The van der Waals surface area contributed by atoms with Crippen LogP contribution in [0.3, 0.4) is 0 Å². The lowest BCUT2D eigenvalue weighted by molar-refractivity contribution is 0.00439. The Morgan fingerprint density at radius 3 is 2.30 bits per heavy atom. The van der Waals surface area contributed by atoms with E-state index in [1.807, 2.05) is 69.3 Å². The van der Waals surface area contributed by atoms with Crippen molar-refractivity contribution in [3.63, 3.8) is 0 Å². The normalized spacial score (nSPS) is 17.5. The minimum Gasteiger partial charge on any atom is -0.449 e. The summed E-state index contributed by atoms with van der Waals surface area (Å²) in [6.45, 7) is 6.40. The van der Waals surface area contributed by atoms with Gasteiger partial charge in [0.25, 0.3) is 0 Å². The van der Waals surface area contributed by atoms with Crippen molar-refractivity contribution in [3.8, 4) is 11.1 Å². The number of fused-ring (bicyclic) bond motifs is 3. The highest BCUT2D eigenvalue weighted by Gasteiger charge is 2.37. The molecular formula is C33H37ClN2O4. The van der Waals surface area contributed by atoms with Crippen LogP contribution in [0.2, 0.25) is 5.02 Å². The van der Waals surface area contributed by atoms with Crippen molar-refractivity contribution in [3.05, 3.63) is 94.5 Å². The van der Waals surface area contributed by atoms with Crippen molar-refractivity contribution in [2.45, 2.75) is 70.1 Å². The first-order valence-electron chi connectivity index (χ1n) is 14.1. The fourth-order valence-electron chi connectivity index (χ4n) is 5.92. The summed E-state index contributed by atoms with van der Waals surface area (Å²) in [5, 5.41) is 3.75. The van der Waals surface area contributed by atoms with Crippen LogP contribution in [0.25, 0.3) is 11.1 Å². The van der Waals surface area contributed by atoms with E-state index in [0.29, 0.717) is 18.0 Å². The molecule has 5 rings (SSSR count). The van der Waals surface area contributed by atoms with E-state index in [1.54, 1.807) is 4.90 Å². The van der Waals surface area contributed by atoms with Crippen molar-refractivity contribution >= 4 is 23.8 Å². The molecule has 0 radical (unpaired) electrons. The van der Waals surface area contributed by atoms with Gasteiger partial charge in [-0.05, 0) is 86.4 Å². The van der Waals surface area contributed by atoms with Crippen LogP contribution < -0.4 is 5.32 Å². The molecule has 40 heavy (non-hydrogen) atoms. The zero-order valence-corrected chi connectivity index (χ0v) is 24.1. The average Bonchev–Trinajstić information content (AvgIpc) is 3.24. The van der Waals surface area contributed by atoms with E-state index >= 15 is 0 Å². The van der Waals surface area contributed by atoms with E-state index in [2.05, 4.69) is 29.6 Å². The standard InChI is InChI=1S/C33H37ClN2O4/c1-33(2,3)40-32(38)36-18-9-8-17-30(36)29(20-22-11-10-12-23(34)19-22)35-31(37)39-21-28-26-15-6-4-13-24(26)25-14-5-7-16-27(25)28/h4-7,10-16,19,28-30H,8-9,17-18,20-21H2,1-3H3,(H,35,37). The quantitative estimate of drug-likeness (QED) is 0.337. The summed E-state index contributed by atoms with van der Waals surface area (Å²) in [6, 6.07) is 23.5. The van der Waals surface area contributed by atoms with Gasteiger partial charge in [0.1, 0.15) is 12.2 Å². The van der Waals surface area contributed by atoms with Gasteiger partial charge >= 0.3 is 12.2 Å². The molecule has 2 unspecified atom stereocenters. The fraction of sp³-hybridized carbons (Fsp3) is 0.394. The number of benzene rings is 3. The zero-order valence-electron chi connectivity index (χ0n) is 23.4. The number of likely N-dealkylation sites (tertiary alicyclic amines) is 1. The van der Waals surface area contributed by atoms with Crippen molar-refractivity contribution < 1.29 is 19.1 Å². The van der Waals surface area contributed by atoms with E-state index in [1.165, 1.54) is 11.1 Å². The molecule has 3 aromatic rings. The van der Waals surface area contributed by atoms with Crippen molar-refractivity contribution in [2.24, 2.45) is 0 Å². The molecule has 2 aliphatic rings. The Hall–Kier alpha value is -3.51. The average molecular weight is 561 g/mol. The maximum Gasteiger partial charge on any atom is 0.410 e. The Morgan fingerprint density at radius 2 is 1.65 bits per heavy atom. The van der Waals surface area contributed by atoms with Crippen LogP contribution in [0.15, 0.2) is 72.8 Å². The number of nitrogens with zero attached hydrogens (tertiary/aromatic N) is 1. The molecule has 2 atom stereocenters. The second kappa shape index (κ2) is 11.9. The number of piperidine rings is 1. The molecular weight excluding hydrogens is 524 g/mol. The third kappa shape index (κ3) is 6.44. The van der Waals surface area contributed by atoms with Crippen LogP contribution >= 0.6 is 11.6 Å². The molecule has 1 aliphatic carbocycles. The number of carbonyl (C=O) groups is 2. The van der Waals surface area contributed by atoms with Gasteiger partial charge in [-0.25, -0.2) is 9.59 Å². The Morgan fingerprint density at radius 1 is 0.975 bits per heavy atom. The minimum atomic E-state index is -0.609. The molecule has 2 amide bonds. The lowest BCUT2D eigenvalue weighted by Crippen LogP contribution is -2.57. The Bertz CT molecular complexity index is 1320. The first-order chi connectivity index (χ1) is 19.2. The summed E-state index contributed by atoms with van der Waals surface area (Å²) in [6.07, 6.45) is 2.27. The van der Waals surface area contributed by atoms with Crippen LogP contribution in [-0.2, 0) is 15.9 Å². The van der Waals surface area contributed by atoms with Crippen molar-refractivity contribution in [2.75, 3.05) is 13.2 Å². The first kappa shape index (κ1) is 28.0. The minimum absolute atomic E-state index is 0.0301. The highest BCUT2D eigenvalue weighted by Crippen LogP contribution is 2.44. The predicted molar refractivity (Wildman–Crippen MR) is 158 cm³/mol. The molecule has 3 aromatic carbocycles. The molecule has 0 aromatic heterocycles. The molecule has 0 saturated carbocycles. The van der Waals surface area contributed by atoms with Gasteiger partial charge in [0.05, 0.1) is 12.1 Å². The maximum absolute atomic E-state index is 13.3. The SMILES string of the molecule is CC(C)(C)OC(=O)N1CCCCC1C(Cc1cccc(Cl)c1)NC(=O)OCC1c2ccccc2-c2ccccc21. The summed E-state index contributed by atoms with van der Waals surface area (Å²) < 4.78 is 11.6. The number of ether oxygens (including phenoxy) is 2. The molecule has 7 heteroatoms. The summed E-state index contributed by atoms with van der Waals surface area (Å²) in [5.74, 6) is -0.0301. The van der Waals surface area contributed by atoms with Gasteiger partial charge in [0.2, 0.25) is 0 Å². The molecule has 1 fully saturated rings. The van der Waals surface area contributed by atoms with E-state index in [4.69, 9.17) is 21.1 Å². The molecule has 1 aliphatic heterocycles. The van der Waals surface area contributed by atoms with Crippen LogP contribution in [0.1, 0.15) is 62.6 Å². The number of rotatable bonds is 6. The predicted octanol–water partition coefficient (Wildman–Crippen LogP) is 7.58. The van der Waals surface area contributed by atoms with Crippen LogP contribution in [0.4, 0.5) is 9.59 Å². The molecule has 0 spiro atoms. The Balaban J connectivity index is 1.34. The van der Waals surface area contributed by atoms with E-state index in [9.17, 15) is 9.59 Å². The molecule has 1 saturated heterocycles. The van der Waals surface area contributed by atoms with Gasteiger partial charge in [-0.2, -0.15) is 0 Å². The number of carbonyl (C=O) groups excluding carboxylic acids is 2. The van der Waals surface area contributed by atoms with Crippen LogP contribution in [0, 0.1) is 0 Å². The zero-order chi connectivity index (χ0) is 28.3. The van der Waals surface area contributed by atoms with Gasteiger partial charge < -0.3 is 19.7 Å². The van der Waals surface area contributed by atoms with E-state index in [0.717, 1.165) is 36.0 Å². The first-order valence-corrected chi connectivity index (χ1v) is 14.4. The van der Waals surface area contributed by atoms with E-state index in [-0.39, 0.29) is 30.7 Å². The monoisotopic (exact) mass is 560 g/mol. The second-order valence-electron chi connectivity index (χ2n) is 11.6. The third-order valence-electron chi connectivity index (χ3n) is 7.63. The summed E-state index contributed by atoms with van der Waals surface area (Å²) >= 11 is 6.28. The lowest BCUT2D eigenvalue weighted by Gasteiger charge is -2.41. The highest BCUT2D eigenvalue weighted by molar-refractivity contribution is 6.30. The van der Waals surface area contributed by atoms with Crippen molar-refractivity contribution in [1.82, 2.24) is 10.2 Å². The summed E-state index contributed by atoms with van der Waals surface area (Å²) in [5.41, 5.74) is 5.06. The summed E-state index contributed by atoms with van der Waals surface area (Å²) in [7, 11) is 0. The third-order valence-corrected chi connectivity index (χ3v) is 7.87. The number of halogens is 1.